The second-order valence-corrected chi connectivity index (χ2v) is 11.0. The van der Waals surface area contributed by atoms with Gasteiger partial charge in [0.15, 0.2) is 0 Å². The van der Waals surface area contributed by atoms with Crippen LogP contribution in [0.15, 0.2) is 51.9 Å². The molecule has 0 aliphatic carbocycles. The molecule has 0 radical (unpaired) electrons. The van der Waals surface area contributed by atoms with E-state index in [0.29, 0.717) is 0 Å². The van der Waals surface area contributed by atoms with Crippen LogP contribution in [0.25, 0.3) is 0 Å². The van der Waals surface area contributed by atoms with E-state index in [1.165, 1.54) is 0 Å². The van der Waals surface area contributed by atoms with Crippen LogP contribution in [0.4, 0.5) is 11.4 Å². The van der Waals surface area contributed by atoms with Crippen LogP contribution in [0.3, 0.4) is 0 Å². The van der Waals surface area contributed by atoms with Crippen molar-refractivity contribution in [3.8, 4) is 0 Å². The lowest BCUT2D eigenvalue weighted by Crippen LogP contribution is -2.32. The van der Waals surface area contributed by atoms with Crippen molar-refractivity contribution in [2.75, 3.05) is 43.7 Å². The molecule has 0 aliphatic heterocycles. The zero-order valence-electron chi connectivity index (χ0n) is 17.9. The average molecular weight is 570 g/mol. The molecule has 0 fully saturated rings. The fourth-order valence-corrected chi connectivity index (χ4v) is 3.81. The first-order valence-electron chi connectivity index (χ1n) is 9.27. The largest absolute Gasteiger partial charge is 0.367 e. The van der Waals surface area contributed by atoms with Gasteiger partial charge < -0.3 is 4.90 Å². The molecular weight excluding hydrogens is 544 g/mol. The first-order chi connectivity index (χ1) is 14.4. The lowest BCUT2D eigenvalue weighted by atomic mass is 10.1. The van der Waals surface area contributed by atoms with Gasteiger partial charge in [-0.25, -0.2) is 0 Å². The first kappa shape index (κ1) is 28.5. The summed E-state index contributed by atoms with van der Waals surface area (Å²) in [5.74, 6) is 0. The molecule has 12 heteroatoms. The van der Waals surface area contributed by atoms with Gasteiger partial charge in [0, 0.05) is 29.5 Å². The van der Waals surface area contributed by atoms with Gasteiger partial charge in [0.25, 0.3) is 20.2 Å². The predicted molar refractivity (Wildman–Crippen MR) is 134 cm³/mol. The number of benzene rings is 2. The first-order valence-corrected chi connectivity index (χ1v) is 13.7. The van der Waals surface area contributed by atoms with E-state index in [-0.39, 0.29) is 38.7 Å². The van der Waals surface area contributed by atoms with E-state index in [0.717, 1.165) is 39.5 Å². The molecule has 178 valence electrons. The van der Waals surface area contributed by atoms with Crippen LogP contribution < -0.4 is 4.90 Å². The number of halogens is 2. The Kier molecular flexibility index (Phi) is 11.3. The van der Waals surface area contributed by atoms with Crippen molar-refractivity contribution in [1.82, 2.24) is 0 Å². The van der Waals surface area contributed by atoms with E-state index in [2.05, 4.69) is 20.9 Å². The maximum absolute atomic E-state index is 11.2. The minimum absolute atomic E-state index is 0. The Morgan fingerprint density at radius 1 is 0.969 bits per heavy atom. The quantitative estimate of drug-likeness (QED) is 0.300. The summed E-state index contributed by atoms with van der Waals surface area (Å²) >= 11 is 3.42. The summed E-state index contributed by atoms with van der Waals surface area (Å²) in [6.45, 7) is 2.28. The van der Waals surface area contributed by atoms with E-state index in [4.69, 9.17) is 8.37 Å². The van der Waals surface area contributed by atoms with Gasteiger partial charge in [-0.15, -0.1) is 12.4 Å². The third kappa shape index (κ3) is 10.9. The van der Waals surface area contributed by atoms with Crippen molar-refractivity contribution in [3.63, 3.8) is 0 Å². The van der Waals surface area contributed by atoms with Crippen LogP contribution in [0.5, 0.6) is 0 Å². The summed E-state index contributed by atoms with van der Waals surface area (Å²) in [5, 5.41) is 0. The molecule has 0 spiro atoms. The van der Waals surface area contributed by atoms with Crippen LogP contribution in [-0.4, -0.2) is 61.9 Å². The van der Waals surface area contributed by atoms with Crippen molar-refractivity contribution in [2.45, 2.75) is 6.92 Å². The molecular formula is C20H26BrClN2O6S2. The molecule has 0 atom stereocenters. The van der Waals surface area contributed by atoms with Gasteiger partial charge in [0.05, 0.1) is 31.4 Å². The number of rotatable bonds is 11. The molecule has 0 heterocycles. The van der Waals surface area contributed by atoms with E-state index in [1.807, 2.05) is 49.4 Å². The normalized spacial score (nSPS) is 12.0. The van der Waals surface area contributed by atoms with Crippen LogP contribution in [0.2, 0.25) is 0 Å². The summed E-state index contributed by atoms with van der Waals surface area (Å²) in [6, 6.07) is 13.3. The highest BCUT2D eigenvalue weighted by Crippen LogP contribution is 2.21. The zero-order chi connectivity index (χ0) is 23.1. The third-order valence-corrected chi connectivity index (χ3v) is 5.78. The van der Waals surface area contributed by atoms with Crippen LogP contribution >= 0.6 is 28.3 Å². The fourth-order valence-electron chi connectivity index (χ4n) is 2.67. The number of aliphatic imine (C=N–C) groups is 1. The smallest absolute Gasteiger partial charge is 0.264 e. The second kappa shape index (κ2) is 12.7. The Balaban J connectivity index is 0.00000512. The Hall–Kier alpha value is -1.50. The highest BCUT2D eigenvalue weighted by atomic mass is 79.9. The monoisotopic (exact) mass is 568 g/mol. The van der Waals surface area contributed by atoms with Crippen LogP contribution in [0.1, 0.15) is 11.1 Å². The number of aryl methyl sites for hydroxylation is 1. The molecule has 32 heavy (non-hydrogen) atoms. The molecule has 0 N–H and O–H groups in total. The van der Waals surface area contributed by atoms with Gasteiger partial charge in [-0.3, -0.25) is 13.4 Å². The lowest BCUT2D eigenvalue weighted by Gasteiger charge is -2.25. The molecule has 0 amide bonds. The number of hydrogen-bond donors (Lipinski definition) is 0. The maximum Gasteiger partial charge on any atom is 0.264 e. The van der Waals surface area contributed by atoms with E-state index in [1.54, 1.807) is 11.1 Å². The Morgan fingerprint density at radius 3 is 2.06 bits per heavy atom. The van der Waals surface area contributed by atoms with E-state index < -0.39 is 20.2 Å². The molecule has 8 nitrogen and oxygen atoms in total. The minimum atomic E-state index is -3.57. The molecule has 0 saturated heterocycles. The van der Waals surface area contributed by atoms with Gasteiger partial charge >= 0.3 is 0 Å². The Labute approximate surface area is 204 Å². The van der Waals surface area contributed by atoms with Crippen molar-refractivity contribution in [3.05, 3.63) is 58.1 Å². The molecule has 2 aromatic rings. The predicted octanol–water partition coefficient (Wildman–Crippen LogP) is 3.69. The third-order valence-electron chi connectivity index (χ3n) is 4.10. The fraction of sp³-hybridized carbons (Fsp3) is 0.350. The molecule has 0 aromatic heterocycles. The van der Waals surface area contributed by atoms with Crippen molar-refractivity contribution in [2.24, 2.45) is 4.99 Å². The standard InChI is InChI=1S/C20H25BrN2O6S2.ClH/c1-16-13-20(8-7-17(16)15-22-19-6-4-5-18(21)14-19)23(9-11-28-30(2,24)25)10-12-29-31(3,26)27;/h4-8,13-15H,9-12H2,1-3H3;1H. The lowest BCUT2D eigenvalue weighted by molar-refractivity contribution is 0.309. The topological polar surface area (TPSA) is 102 Å². The van der Waals surface area contributed by atoms with Crippen molar-refractivity contribution >= 4 is 66.2 Å². The Bertz CT molecular complexity index is 1100. The zero-order valence-corrected chi connectivity index (χ0v) is 21.9. The number of nitrogens with zero attached hydrogens (tertiary/aromatic N) is 2. The maximum atomic E-state index is 11.2. The number of anilines is 1. The molecule has 2 rings (SSSR count). The highest BCUT2D eigenvalue weighted by Gasteiger charge is 2.12. The van der Waals surface area contributed by atoms with Gasteiger partial charge in [0.2, 0.25) is 0 Å². The summed E-state index contributed by atoms with van der Waals surface area (Å²) in [6.07, 6.45) is 3.73. The van der Waals surface area contributed by atoms with E-state index >= 15 is 0 Å². The van der Waals surface area contributed by atoms with E-state index in [9.17, 15) is 16.8 Å². The van der Waals surface area contributed by atoms with Crippen LogP contribution in [-0.2, 0) is 28.6 Å². The number of hydrogen-bond acceptors (Lipinski definition) is 8. The van der Waals surface area contributed by atoms with Crippen molar-refractivity contribution < 1.29 is 25.2 Å². The Morgan fingerprint density at radius 2 is 1.56 bits per heavy atom. The summed E-state index contributed by atoms with van der Waals surface area (Å²) in [4.78, 5) is 6.29. The minimum Gasteiger partial charge on any atom is -0.367 e. The highest BCUT2D eigenvalue weighted by molar-refractivity contribution is 9.10. The van der Waals surface area contributed by atoms with Crippen molar-refractivity contribution in [1.29, 1.82) is 0 Å². The second-order valence-electron chi connectivity index (χ2n) is 6.82. The SMILES string of the molecule is Cc1cc(N(CCOS(C)(=O)=O)CCOS(C)(=O)=O)ccc1C=Nc1cccc(Br)c1.Cl. The average Bonchev–Trinajstić information content (AvgIpc) is 2.64. The molecule has 0 bridgehead atoms. The van der Waals surface area contributed by atoms with Crippen LogP contribution in [0, 0.1) is 6.92 Å². The summed E-state index contributed by atoms with van der Waals surface area (Å²) < 4.78 is 55.6. The van der Waals surface area contributed by atoms with Gasteiger partial charge in [-0.1, -0.05) is 28.1 Å². The molecule has 0 unspecified atom stereocenters. The van der Waals surface area contributed by atoms with Gasteiger partial charge in [-0.2, -0.15) is 16.8 Å². The molecule has 0 saturated carbocycles. The summed E-state index contributed by atoms with van der Waals surface area (Å²) in [5.41, 5.74) is 3.47. The van der Waals surface area contributed by atoms with Gasteiger partial charge in [0.1, 0.15) is 0 Å². The molecule has 2 aromatic carbocycles. The summed E-state index contributed by atoms with van der Waals surface area (Å²) in [7, 11) is -7.14. The van der Waals surface area contributed by atoms with Gasteiger partial charge in [-0.05, 0) is 48.4 Å². The molecule has 0 aliphatic rings.